The molecule has 2 rings (SSSR count). The van der Waals surface area contributed by atoms with Gasteiger partial charge in [0.25, 0.3) is 0 Å². The van der Waals surface area contributed by atoms with Crippen LogP contribution in [0.5, 0.6) is 0 Å². The summed E-state index contributed by atoms with van der Waals surface area (Å²) in [5.41, 5.74) is 1.58. The van der Waals surface area contributed by atoms with Gasteiger partial charge in [0.2, 0.25) is 0 Å². The highest BCUT2D eigenvalue weighted by Gasteiger charge is 2.27. The van der Waals surface area contributed by atoms with Crippen LogP contribution in [0.1, 0.15) is 26.2 Å². The van der Waals surface area contributed by atoms with Crippen molar-refractivity contribution < 1.29 is 4.79 Å². The molecule has 0 aromatic rings. The number of hydrogen-bond acceptors (Lipinski definition) is 2. The second kappa shape index (κ2) is 2.67. The maximum absolute atomic E-state index is 11.1. The molecule has 0 bridgehead atoms. The number of rotatable bonds is 0. The monoisotopic (exact) mass is 168 g/mol. The van der Waals surface area contributed by atoms with E-state index in [0.29, 0.717) is 5.78 Å². The molecule has 0 amide bonds. The molecule has 0 radical (unpaired) electrons. The summed E-state index contributed by atoms with van der Waals surface area (Å²) in [5.74, 6) is 2.38. The SMILES string of the molecule is CC1CSC2=C1CCC(=O)C2. The zero-order chi connectivity index (χ0) is 7.84. The number of allylic oxidation sites excluding steroid dienone is 2. The molecule has 2 aliphatic rings. The fourth-order valence-electron chi connectivity index (χ4n) is 1.79. The molecule has 1 aliphatic carbocycles. The fraction of sp³-hybridized carbons (Fsp3) is 0.667. The van der Waals surface area contributed by atoms with Crippen LogP contribution in [0.4, 0.5) is 0 Å². The third-order valence-electron chi connectivity index (χ3n) is 2.49. The minimum atomic E-state index is 0.436. The lowest BCUT2D eigenvalue weighted by molar-refractivity contribution is -0.118. The molecule has 1 unspecified atom stereocenters. The topological polar surface area (TPSA) is 17.1 Å². The van der Waals surface area contributed by atoms with Gasteiger partial charge in [-0.25, -0.2) is 0 Å². The number of hydrogen-bond donors (Lipinski definition) is 0. The third kappa shape index (κ3) is 1.24. The van der Waals surface area contributed by atoms with E-state index in [-0.39, 0.29) is 0 Å². The largest absolute Gasteiger partial charge is 0.299 e. The molecule has 1 atom stereocenters. The summed E-state index contributed by atoms with van der Waals surface area (Å²) in [5, 5.41) is 0. The van der Waals surface area contributed by atoms with Gasteiger partial charge >= 0.3 is 0 Å². The van der Waals surface area contributed by atoms with E-state index < -0.39 is 0 Å². The van der Waals surface area contributed by atoms with Crippen LogP contribution < -0.4 is 0 Å². The molecule has 0 saturated carbocycles. The van der Waals surface area contributed by atoms with Crippen molar-refractivity contribution in [1.82, 2.24) is 0 Å². The fourth-order valence-corrected chi connectivity index (χ4v) is 3.19. The molecule has 0 aromatic carbocycles. The zero-order valence-electron chi connectivity index (χ0n) is 6.72. The molecule has 1 nitrogen and oxygen atoms in total. The van der Waals surface area contributed by atoms with Gasteiger partial charge in [0, 0.05) is 18.6 Å². The normalized spacial score (nSPS) is 31.0. The number of carbonyl (C=O) groups excluding carboxylic acids is 1. The van der Waals surface area contributed by atoms with Gasteiger partial charge in [0.1, 0.15) is 5.78 Å². The minimum absolute atomic E-state index is 0.436. The van der Waals surface area contributed by atoms with Gasteiger partial charge in [-0.05, 0) is 17.2 Å². The molecule has 0 aromatic heterocycles. The molecule has 0 fully saturated rings. The van der Waals surface area contributed by atoms with E-state index in [1.165, 1.54) is 10.7 Å². The Hall–Kier alpha value is -0.240. The van der Waals surface area contributed by atoms with Crippen molar-refractivity contribution in [1.29, 1.82) is 0 Å². The van der Waals surface area contributed by atoms with Crippen molar-refractivity contribution in [2.75, 3.05) is 5.75 Å². The highest BCUT2D eigenvalue weighted by Crippen LogP contribution is 2.42. The Kier molecular flexibility index (Phi) is 1.80. The first-order chi connectivity index (χ1) is 5.27. The molecular weight excluding hydrogens is 156 g/mol. The highest BCUT2D eigenvalue weighted by atomic mass is 32.2. The molecule has 1 heterocycles. The molecule has 0 N–H and O–H groups in total. The highest BCUT2D eigenvalue weighted by molar-refractivity contribution is 8.03. The molecule has 11 heavy (non-hydrogen) atoms. The third-order valence-corrected chi connectivity index (χ3v) is 3.91. The number of thioether (sulfide) groups is 1. The smallest absolute Gasteiger partial charge is 0.138 e. The first-order valence-corrected chi connectivity index (χ1v) is 5.12. The van der Waals surface area contributed by atoms with Crippen LogP contribution in [-0.2, 0) is 4.79 Å². The van der Waals surface area contributed by atoms with Gasteiger partial charge in [-0.1, -0.05) is 12.5 Å². The standard InChI is InChI=1S/C9H12OS/c1-6-5-11-9-4-7(10)2-3-8(6)9/h6H,2-5H2,1H3. The summed E-state index contributed by atoms with van der Waals surface area (Å²) in [6.07, 6.45) is 2.58. The molecule has 1 aliphatic heterocycles. The Morgan fingerprint density at radius 2 is 2.27 bits per heavy atom. The van der Waals surface area contributed by atoms with Gasteiger partial charge in [-0.2, -0.15) is 0 Å². The summed E-state index contributed by atoms with van der Waals surface area (Å²) >= 11 is 1.90. The Labute approximate surface area is 71.2 Å². The van der Waals surface area contributed by atoms with E-state index in [1.54, 1.807) is 5.57 Å². The van der Waals surface area contributed by atoms with Gasteiger partial charge in [-0.15, -0.1) is 11.8 Å². The average molecular weight is 168 g/mol. The first kappa shape index (κ1) is 7.41. The van der Waals surface area contributed by atoms with Crippen LogP contribution in [0.3, 0.4) is 0 Å². The average Bonchev–Trinajstić information content (AvgIpc) is 2.32. The Bertz CT molecular complexity index is 230. The van der Waals surface area contributed by atoms with E-state index in [1.807, 2.05) is 11.8 Å². The van der Waals surface area contributed by atoms with E-state index in [2.05, 4.69) is 6.92 Å². The summed E-state index contributed by atoms with van der Waals surface area (Å²) in [4.78, 5) is 12.5. The minimum Gasteiger partial charge on any atom is -0.299 e. The van der Waals surface area contributed by atoms with Crippen LogP contribution in [-0.4, -0.2) is 11.5 Å². The second-order valence-electron chi connectivity index (χ2n) is 3.38. The van der Waals surface area contributed by atoms with Crippen molar-refractivity contribution in [3.63, 3.8) is 0 Å². The second-order valence-corrected chi connectivity index (χ2v) is 4.49. The van der Waals surface area contributed by atoms with Gasteiger partial charge in [-0.3, -0.25) is 4.79 Å². The van der Waals surface area contributed by atoms with Crippen LogP contribution in [0.15, 0.2) is 10.5 Å². The summed E-state index contributed by atoms with van der Waals surface area (Å²) in [6.45, 7) is 2.27. The van der Waals surface area contributed by atoms with E-state index in [0.717, 1.165) is 25.2 Å². The summed E-state index contributed by atoms with van der Waals surface area (Å²) in [7, 11) is 0. The zero-order valence-corrected chi connectivity index (χ0v) is 7.54. The maximum atomic E-state index is 11.1. The van der Waals surface area contributed by atoms with Crippen molar-refractivity contribution in [2.24, 2.45) is 5.92 Å². The van der Waals surface area contributed by atoms with Crippen molar-refractivity contribution in [2.45, 2.75) is 26.2 Å². The Balaban J connectivity index is 2.23. The molecule has 0 saturated heterocycles. The summed E-state index contributed by atoms with van der Waals surface area (Å²) < 4.78 is 0. The molecule has 2 heteroatoms. The Morgan fingerprint density at radius 3 is 3.09 bits per heavy atom. The number of ketones is 1. The van der Waals surface area contributed by atoms with E-state index in [4.69, 9.17) is 0 Å². The lowest BCUT2D eigenvalue weighted by Crippen LogP contribution is -2.08. The van der Waals surface area contributed by atoms with Gasteiger partial charge < -0.3 is 0 Å². The lowest BCUT2D eigenvalue weighted by atomic mass is 9.91. The van der Waals surface area contributed by atoms with Gasteiger partial charge in [0.15, 0.2) is 0 Å². The van der Waals surface area contributed by atoms with Crippen LogP contribution in [0, 0.1) is 5.92 Å². The quantitative estimate of drug-likeness (QED) is 0.552. The van der Waals surface area contributed by atoms with E-state index >= 15 is 0 Å². The lowest BCUT2D eigenvalue weighted by Gasteiger charge is -2.14. The maximum Gasteiger partial charge on any atom is 0.138 e. The number of Topliss-reactive ketones (excluding diaryl/α,β-unsaturated/α-hetero) is 1. The van der Waals surface area contributed by atoms with Crippen molar-refractivity contribution in [3.05, 3.63) is 10.5 Å². The predicted octanol–water partition coefficient (Wildman–Crippen LogP) is 2.38. The van der Waals surface area contributed by atoms with Gasteiger partial charge in [0.05, 0.1) is 0 Å². The van der Waals surface area contributed by atoms with Crippen LogP contribution in [0.2, 0.25) is 0 Å². The van der Waals surface area contributed by atoms with Crippen molar-refractivity contribution in [3.8, 4) is 0 Å². The number of carbonyl (C=O) groups is 1. The molecular formula is C9H12OS. The first-order valence-electron chi connectivity index (χ1n) is 4.14. The predicted molar refractivity (Wildman–Crippen MR) is 47.5 cm³/mol. The Morgan fingerprint density at radius 1 is 1.45 bits per heavy atom. The summed E-state index contributed by atoms with van der Waals surface area (Å²) in [6, 6.07) is 0. The van der Waals surface area contributed by atoms with Crippen LogP contribution >= 0.6 is 11.8 Å². The molecule has 0 spiro atoms. The van der Waals surface area contributed by atoms with Crippen LogP contribution in [0.25, 0.3) is 0 Å². The van der Waals surface area contributed by atoms with Crippen molar-refractivity contribution >= 4 is 17.5 Å². The van der Waals surface area contributed by atoms with E-state index in [9.17, 15) is 4.79 Å². The molecule has 60 valence electrons.